The first-order valence-electron chi connectivity index (χ1n) is 16.8. The predicted molar refractivity (Wildman–Crippen MR) is 189 cm³/mol. The van der Waals surface area contributed by atoms with Crippen LogP contribution in [0.2, 0.25) is 0 Å². The number of carbonyl (C=O) groups is 1. The van der Waals surface area contributed by atoms with Crippen molar-refractivity contribution in [3.8, 4) is 45.3 Å². The van der Waals surface area contributed by atoms with E-state index in [1.54, 1.807) is 41.8 Å². The van der Waals surface area contributed by atoms with Gasteiger partial charge in [-0.05, 0) is 68.3 Å². The number of hydrogen-bond donors (Lipinski definition) is 3. The van der Waals surface area contributed by atoms with Crippen LogP contribution in [0.25, 0.3) is 33.5 Å². The third-order valence-electron chi connectivity index (χ3n) is 8.54. The van der Waals surface area contributed by atoms with Crippen molar-refractivity contribution in [3.63, 3.8) is 0 Å². The molecule has 3 N–H and O–H groups in total. The second-order valence-electron chi connectivity index (χ2n) is 13.8. The Labute approximate surface area is 294 Å². The van der Waals surface area contributed by atoms with Gasteiger partial charge in [0, 0.05) is 61.5 Å². The Morgan fingerprint density at radius 2 is 1.22 bits per heavy atom. The van der Waals surface area contributed by atoms with Crippen molar-refractivity contribution in [3.05, 3.63) is 85.7 Å². The highest BCUT2D eigenvalue weighted by Crippen LogP contribution is 2.31. The number of aromatic nitrogens is 6. The van der Waals surface area contributed by atoms with Gasteiger partial charge in [-0.3, -0.25) is 8.80 Å². The summed E-state index contributed by atoms with van der Waals surface area (Å²) in [5.74, 6) is 2.63. The van der Waals surface area contributed by atoms with Crippen molar-refractivity contribution in [2.75, 3.05) is 39.4 Å². The van der Waals surface area contributed by atoms with E-state index in [-0.39, 0.29) is 23.5 Å². The van der Waals surface area contributed by atoms with Crippen LogP contribution in [0.5, 0.6) is 23.0 Å². The summed E-state index contributed by atoms with van der Waals surface area (Å²) in [6.45, 7) is 9.93. The molecule has 51 heavy (non-hydrogen) atoms. The molecular formula is C37H40N8O6. The second-order valence-corrected chi connectivity index (χ2v) is 13.8. The minimum absolute atomic E-state index is 0.218. The molecule has 2 saturated heterocycles. The highest BCUT2D eigenvalue weighted by atomic mass is 16.6. The maximum Gasteiger partial charge on any atom is 0.410 e. The number of nitrogens with zero attached hydrogens (tertiary/aromatic N) is 7. The molecule has 14 heteroatoms. The molecule has 0 aliphatic carbocycles. The van der Waals surface area contributed by atoms with Crippen LogP contribution in [0.15, 0.2) is 85.7 Å². The van der Waals surface area contributed by atoms with Gasteiger partial charge in [0.25, 0.3) is 0 Å². The standard InChI is InChI=1S/C21H24N4O4.C16H16N4O2/c1-21(2,3)29-20(27)24-9-14(10-24)12-28-18-8-16(11-25-13-22-23-19(18)25)15-4-6-17(26)7-5-15;21-14-3-1-12(2-4-14)13-5-15(22-9-11-6-17-7-11)16-19-18-10-20(16)8-13/h4-8,11,13-14,26H,9-10,12H2,1-3H3;1-5,8,10-11,17,21H,6-7,9H2. The fourth-order valence-corrected chi connectivity index (χ4v) is 5.68. The number of likely N-dealkylation sites (tertiary alicyclic amines) is 1. The summed E-state index contributed by atoms with van der Waals surface area (Å²) in [4.78, 5) is 13.7. The zero-order valence-electron chi connectivity index (χ0n) is 28.6. The summed E-state index contributed by atoms with van der Waals surface area (Å²) in [6.07, 6.45) is 6.88. The monoisotopic (exact) mass is 692 g/mol. The molecule has 0 saturated carbocycles. The fourth-order valence-electron chi connectivity index (χ4n) is 5.68. The number of fused-ring (bicyclic) bond motifs is 2. The van der Waals surface area contributed by atoms with Gasteiger partial charge in [0.1, 0.15) is 29.8 Å². The van der Waals surface area contributed by atoms with E-state index < -0.39 is 5.60 Å². The largest absolute Gasteiger partial charge is 0.508 e. The van der Waals surface area contributed by atoms with Crippen LogP contribution in [0.3, 0.4) is 0 Å². The number of aromatic hydroxyl groups is 2. The summed E-state index contributed by atoms with van der Waals surface area (Å²) >= 11 is 0. The number of phenols is 2. The van der Waals surface area contributed by atoms with Crippen LogP contribution in [-0.4, -0.2) is 95.4 Å². The fraction of sp³-hybridized carbons (Fsp3) is 0.324. The van der Waals surface area contributed by atoms with Gasteiger partial charge in [-0.2, -0.15) is 0 Å². The first-order chi connectivity index (χ1) is 24.6. The topological polar surface area (TPSA) is 161 Å². The quantitative estimate of drug-likeness (QED) is 0.196. The summed E-state index contributed by atoms with van der Waals surface area (Å²) < 4.78 is 21.0. The van der Waals surface area contributed by atoms with E-state index in [1.165, 1.54) is 0 Å². The van der Waals surface area contributed by atoms with Crippen LogP contribution in [0.1, 0.15) is 20.8 Å². The number of rotatable bonds is 8. The van der Waals surface area contributed by atoms with E-state index in [4.69, 9.17) is 14.2 Å². The Kier molecular flexibility index (Phi) is 9.32. The second kappa shape index (κ2) is 14.2. The minimum atomic E-state index is -0.493. The zero-order chi connectivity index (χ0) is 35.5. The van der Waals surface area contributed by atoms with Crippen LogP contribution in [-0.2, 0) is 4.74 Å². The molecular weight excluding hydrogens is 652 g/mol. The van der Waals surface area contributed by atoms with Gasteiger partial charge in [0.15, 0.2) is 11.5 Å². The van der Waals surface area contributed by atoms with Gasteiger partial charge >= 0.3 is 6.09 Å². The molecule has 0 spiro atoms. The van der Waals surface area contributed by atoms with E-state index in [2.05, 4.69) is 25.7 Å². The molecule has 0 bridgehead atoms. The van der Waals surface area contributed by atoms with Crippen molar-refractivity contribution >= 4 is 17.4 Å². The average molecular weight is 693 g/mol. The first-order valence-corrected chi connectivity index (χ1v) is 16.8. The van der Waals surface area contributed by atoms with Gasteiger partial charge in [0.2, 0.25) is 11.3 Å². The van der Waals surface area contributed by atoms with E-state index in [0.717, 1.165) is 46.7 Å². The molecule has 2 fully saturated rings. The third-order valence-corrected chi connectivity index (χ3v) is 8.54. The van der Waals surface area contributed by atoms with Gasteiger partial charge < -0.3 is 34.6 Å². The average Bonchev–Trinajstić information content (AvgIpc) is 3.73. The van der Waals surface area contributed by atoms with Gasteiger partial charge in [0.05, 0.1) is 13.2 Å². The Balaban J connectivity index is 0.000000165. The molecule has 264 valence electrons. The maximum atomic E-state index is 12.0. The number of pyridine rings is 2. The number of phenolic OH excluding ortho intramolecular Hbond substituents is 2. The molecule has 2 aromatic carbocycles. The number of hydrogen-bond acceptors (Lipinski definition) is 11. The smallest absolute Gasteiger partial charge is 0.410 e. The molecule has 0 atom stereocenters. The third kappa shape index (κ3) is 7.96. The Bertz CT molecular complexity index is 2110. The van der Waals surface area contributed by atoms with E-state index >= 15 is 0 Å². The number of benzene rings is 2. The van der Waals surface area contributed by atoms with Crippen molar-refractivity contribution < 1.29 is 29.2 Å². The molecule has 2 aliphatic rings. The van der Waals surface area contributed by atoms with Crippen molar-refractivity contribution in [2.45, 2.75) is 26.4 Å². The predicted octanol–water partition coefficient (Wildman–Crippen LogP) is 5.05. The maximum absolute atomic E-state index is 12.0. The Morgan fingerprint density at radius 1 is 0.745 bits per heavy atom. The number of nitrogens with one attached hydrogen (secondary N) is 1. The lowest BCUT2D eigenvalue weighted by Crippen LogP contribution is -2.53. The summed E-state index contributed by atoms with van der Waals surface area (Å²) in [5.41, 5.74) is 4.73. The summed E-state index contributed by atoms with van der Waals surface area (Å²) in [5, 5.41) is 38.3. The lowest BCUT2D eigenvalue weighted by atomic mass is 10.0. The highest BCUT2D eigenvalue weighted by Gasteiger charge is 2.34. The van der Waals surface area contributed by atoms with Crippen LogP contribution in [0.4, 0.5) is 4.79 Å². The summed E-state index contributed by atoms with van der Waals surface area (Å²) in [7, 11) is 0. The van der Waals surface area contributed by atoms with Crippen molar-refractivity contribution in [1.29, 1.82) is 0 Å². The Morgan fingerprint density at radius 3 is 1.65 bits per heavy atom. The van der Waals surface area contributed by atoms with E-state index in [9.17, 15) is 15.0 Å². The lowest BCUT2D eigenvalue weighted by molar-refractivity contribution is -0.00776. The lowest BCUT2D eigenvalue weighted by Gasteiger charge is -2.39. The van der Waals surface area contributed by atoms with Crippen molar-refractivity contribution in [1.82, 2.24) is 39.4 Å². The molecule has 4 aromatic heterocycles. The normalized spacial score (nSPS) is 14.8. The molecule has 8 rings (SSSR count). The van der Waals surface area contributed by atoms with E-state index in [1.807, 2.05) is 78.4 Å². The Hall–Kier alpha value is -5.89. The van der Waals surface area contributed by atoms with Gasteiger partial charge in [-0.25, -0.2) is 4.79 Å². The minimum Gasteiger partial charge on any atom is -0.508 e. The molecule has 14 nitrogen and oxygen atoms in total. The van der Waals surface area contributed by atoms with Gasteiger partial charge in [-0.1, -0.05) is 24.3 Å². The number of amides is 1. The van der Waals surface area contributed by atoms with Crippen LogP contribution < -0.4 is 14.8 Å². The number of ether oxygens (including phenoxy) is 3. The number of carbonyl (C=O) groups excluding carboxylic acids is 1. The summed E-state index contributed by atoms with van der Waals surface area (Å²) in [6, 6.07) is 18.0. The highest BCUT2D eigenvalue weighted by molar-refractivity contribution is 5.71. The van der Waals surface area contributed by atoms with Crippen molar-refractivity contribution in [2.24, 2.45) is 11.8 Å². The zero-order valence-corrected chi connectivity index (χ0v) is 28.6. The molecule has 1 amide bonds. The molecule has 6 aromatic rings. The van der Waals surface area contributed by atoms with E-state index in [0.29, 0.717) is 43.6 Å². The SMILES string of the molecule is CC(C)(C)OC(=O)N1CC(COc2cc(-c3ccc(O)cc3)cn3cnnc23)C1.Oc1ccc(-c2cc(OCC3CNC3)c3nncn3c2)cc1. The van der Waals surface area contributed by atoms with Crippen LogP contribution >= 0.6 is 0 Å². The molecule has 0 unspecified atom stereocenters. The van der Waals surface area contributed by atoms with Crippen LogP contribution in [0, 0.1) is 11.8 Å². The molecule has 6 heterocycles. The molecule has 0 radical (unpaired) electrons. The molecule has 2 aliphatic heterocycles. The van der Waals surface area contributed by atoms with Gasteiger partial charge in [-0.15, -0.1) is 20.4 Å². The first kappa shape index (κ1) is 33.6.